The number of hydrogen-bond donors (Lipinski definition) is 1. The average molecular weight is 337 g/mol. The Morgan fingerprint density at radius 2 is 2.04 bits per heavy atom. The van der Waals surface area contributed by atoms with Crippen molar-refractivity contribution in [3.05, 3.63) is 64.2 Å². The second kappa shape index (κ2) is 6.96. The molecule has 0 saturated heterocycles. The van der Waals surface area contributed by atoms with Crippen molar-refractivity contribution in [1.29, 1.82) is 0 Å². The smallest absolute Gasteiger partial charge is 0.165 e. The van der Waals surface area contributed by atoms with Crippen molar-refractivity contribution < 1.29 is 13.5 Å². The molecule has 0 fully saturated rings. The maximum Gasteiger partial charge on any atom is 0.165 e. The third-order valence-electron chi connectivity index (χ3n) is 3.54. The number of amidine groups is 1. The second-order valence-corrected chi connectivity index (χ2v) is 5.55. The van der Waals surface area contributed by atoms with Crippen LogP contribution in [0.2, 0.25) is 5.02 Å². The molecule has 1 aliphatic rings. The van der Waals surface area contributed by atoms with E-state index in [9.17, 15) is 8.78 Å². The van der Waals surface area contributed by atoms with E-state index in [1.807, 2.05) is 0 Å². The van der Waals surface area contributed by atoms with Gasteiger partial charge in [-0.1, -0.05) is 17.7 Å². The molecule has 3 rings (SSSR count). The van der Waals surface area contributed by atoms with Crippen LogP contribution in [0.5, 0.6) is 5.75 Å². The molecule has 0 spiro atoms. The minimum Gasteiger partial charge on any atom is -0.486 e. The minimum atomic E-state index is -0.523. The Bertz CT molecular complexity index is 729. The number of rotatable bonds is 4. The molecule has 6 heteroatoms. The summed E-state index contributed by atoms with van der Waals surface area (Å²) in [6.07, 6.45) is 0.969. The summed E-state index contributed by atoms with van der Waals surface area (Å²) < 4.78 is 33.2. The molecule has 2 aromatic carbocycles. The van der Waals surface area contributed by atoms with Crippen LogP contribution in [0.25, 0.3) is 0 Å². The zero-order valence-corrected chi connectivity index (χ0v) is 13.0. The lowest BCUT2D eigenvalue weighted by Gasteiger charge is -2.15. The van der Waals surface area contributed by atoms with Crippen LogP contribution in [0.15, 0.2) is 41.4 Å². The van der Waals surface area contributed by atoms with Crippen LogP contribution in [0.1, 0.15) is 17.5 Å². The molecule has 0 saturated carbocycles. The van der Waals surface area contributed by atoms with Crippen molar-refractivity contribution >= 4 is 17.4 Å². The largest absolute Gasteiger partial charge is 0.486 e. The Kier molecular flexibility index (Phi) is 4.76. The molecule has 0 radical (unpaired) electrons. The Morgan fingerprint density at radius 3 is 2.74 bits per heavy atom. The number of ether oxygens (including phenoxy) is 1. The van der Waals surface area contributed by atoms with Gasteiger partial charge in [0.1, 0.15) is 18.3 Å². The van der Waals surface area contributed by atoms with E-state index in [1.165, 1.54) is 24.3 Å². The van der Waals surface area contributed by atoms with Gasteiger partial charge >= 0.3 is 0 Å². The van der Waals surface area contributed by atoms with Gasteiger partial charge in [0.15, 0.2) is 11.6 Å². The highest BCUT2D eigenvalue weighted by atomic mass is 35.5. The molecule has 0 aliphatic carbocycles. The third-order valence-corrected chi connectivity index (χ3v) is 3.89. The normalized spacial score (nSPS) is 14.1. The Labute approximate surface area is 138 Å². The van der Waals surface area contributed by atoms with Gasteiger partial charge in [0, 0.05) is 24.2 Å². The Balaban J connectivity index is 1.75. The molecule has 0 amide bonds. The number of nitrogens with zero attached hydrogens (tertiary/aromatic N) is 1. The number of benzene rings is 2. The van der Waals surface area contributed by atoms with Crippen LogP contribution < -0.4 is 10.1 Å². The van der Waals surface area contributed by atoms with E-state index >= 15 is 0 Å². The highest BCUT2D eigenvalue weighted by Crippen LogP contribution is 2.24. The van der Waals surface area contributed by atoms with Crippen molar-refractivity contribution in [2.24, 2.45) is 4.99 Å². The zero-order valence-electron chi connectivity index (χ0n) is 12.3. The summed E-state index contributed by atoms with van der Waals surface area (Å²) >= 11 is 5.92. The van der Waals surface area contributed by atoms with Crippen molar-refractivity contribution in [3.63, 3.8) is 0 Å². The summed E-state index contributed by atoms with van der Waals surface area (Å²) in [6.45, 7) is 1.42. The summed E-state index contributed by atoms with van der Waals surface area (Å²) in [5.41, 5.74) is 0.870. The van der Waals surface area contributed by atoms with Gasteiger partial charge in [-0.2, -0.15) is 0 Å². The molecule has 1 heterocycles. The summed E-state index contributed by atoms with van der Waals surface area (Å²) in [4.78, 5) is 4.32. The molecule has 0 atom stereocenters. The van der Waals surface area contributed by atoms with E-state index in [1.54, 1.807) is 12.1 Å². The Hall–Kier alpha value is -2.14. The van der Waals surface area contributed by atoms with E-state index in [2.05, 4.69) is 10.3 Å². The Morgan fingerprint density at radius 1 is 1.17 bits per heavy atom. The summed E-state index contributed by atoms with van der Waals surface area (Å²) in [6, 6.07) is 8.95. The van der Waals surface area contributed by atoms with Gasteiger partial charge in [-0.15, -0.1) is 0 Å². The summed E-state index contributed by atoms with van der Waals surface area (Å²) in [7, 11) is 0. The van der Waals surface area contributed by atoms with Gasteiger partial charge in [-0.3, -0.25) is 4.99 Å². The van der Waals surface area contributed by atoms with Crippen LogP contribution in [0, 0.1) is 11.6 Å². The van der Waals surface area contributed by atoms with Gasteiger partial charge in [-0.05, 0) is 36.8 Å². The first-order valence-electron chi connectivity index (χ1n) is 7.29. The van der Waals surface area contributed by atoms with E-state index < -0.39 is 11.6 Å². The SMILES string of the molecule is Fc1cc(C2=NCCCN2)ccc1OCc1c(F)cccc1Cl. The molecule has 120 valence electrons. The molecule has 0 unspecified atom stereocenters. The molecule has 1 aliphatic heterocycles. The first-order valence-corrected chi connectivity index (χ1v) is 7.67. The monoisotopic (exact) mass is 336 g/mol. The lowest BCUT2D eigenvalue weighted by Crippen LogP contribution is -2.30. The highest BCUT2D eigenvalue weighted by molar-refractivity contribution is 6.31. The van der Waals surface area contributed by atoms with Crippen molar-refractivity contribution in [1.82, 2.24) is 5.32 Å². The predicted octanol–water partition coefficient (Wildman–Crippen LogP) is 3.94. The predicted molar refractivity (Wildman–Crippen MR) is 86.2 cm³/mol. The molecule has 0 aromatic heterocycles. The van der Waals surface area contributed by atoms with Crippen molar-refractivity contribution in [2.75, 3.05) is 13.1 Å². The maximum atomic E-state index is 14.2. The minimum absolute atomic E-state index is 0.0458. The van der Waals surface area contributed by atoms with Crippen LogP contribution in [0.4, 0.5) is 8.78 Å². The van der Waals surface area contributed by atoms with E-state index in [4.69, 9.17) is 16.3 Å². The summed E-state index contributed by atoms with van der Waals surface area (Å²) in [5.74, 6) is -0.274. The number of halogens is 3. The van der Waals surface area contributed by atoms with Gasteiger partial charge in [0.05, 0.1) is 5.02 Å². The molecular formula is C17H15ClF2N2O. The van der Waals surface area contributed by atoms with Gasteiger partial charge in [0.25, 0.3) is 0 Å². The lowest BCUT2D eigenvalue weighted by molar-refractivity contribution is 0.285. The van der Waals surface area contributed by atoms with Crippen LogP contribution in [0.3, 0.4) is 0 Å². The van der Waals surface area contributed by atoms with Crippen molar-refractivity contribution in [2.45, 2.75) is 13.0 Å². The van der Waals surface area contributed by atoms with Gasteiger partial charge in [0.2, 0.25) is 0 Å². The first-order chi connectivity index (χ1) is 11.1. The third kappa shape index (κ3) is 3.62. The first kappa shape index (κ1) is 15.7. The zero-order chi connectivity index (χ0) is 16.2. The fraction of sp³-hybridized carbons (Fsp3) is 0.235. The quantitative estimate of drug-likeness (QED) is 0.917. The van der Waals surface area contributed by atoms with E-state index in [0.717, 1.165) is 19.5 Å². The fourth-order valence-electron chi connectivity index (χ4n) is 2.31. The number of hydrogen-bond acceptors (Lipinski definition) is 3. The summed E-state index contributed by atoms with van der Waals surface area (Å²) in [5, 5.41) is 3.38. The average Bonchev–Trinajstić information content (AvgIpc) is 2.56. The van der Waals surface area contributed by atoms with Gasteiger partial charge in [-0.25, -0.2) is 8.78 Å². The van der Waals surface area contributed by atoms with Crippen LogP contribution in [-0.4, -0.2) is 18.9 Å². The highest BCUT2D eigenvalue weighted by Gasteiger charge is 2.13. The molecule has 0 bridgehead atoms. The second-order valence-electron chi connectivity index (χ2n) is 5.14. The number of aliphatic imine (C=N–C) groups is 1. The number of nitrogens with one attached hydrogen (secondary N) is 1. The van der Waals surface area contributed by atoms with E-state index in [-0.39, 0.29) is 22.9 Å². The molecule has 2 aromatic rings. The topological polar surface area (TPSA) is 33.6 Å². The van der Waals surface area contributed by atoms with Gasteiger partial charge < -0.3 is 10.1 Å². The molecule has 1 N–H and O–H groups in total. The fourth-order valence-corrected chi connectivity index (χ4v) is 2.53. The van der Waals surface area contributed by atoms with Crippen LogP contribution >= 0.6 is 11.6 Å². The maximum absolute atomic E-state index is 14.2. The molecule has 23 heavy (non-hydrogen) atoms. The van der Waals surface area contributed by atoms with Crippen molar-refractivity contribution in [3.8, 4) is 5.75 Å². The molecule has 3 nitrogen and oxygen atoms in total. The van der Waals surface area contributed by atoms with Crippen LogP contribution in [-0.2, 0) is 6.61 Å². The van der Waals surface area contributed by atoms with E-state index in [0.29, 0.717) is 11.4 Å². The lowest BCUT2D eigenvalue weighted by atomic mass is 10.1. The molecular weight excluding hydrogens is 322 g/mol. The standard InChI is InChI=1S/C17H15ClF2N2O/c18-13-3-1-4-14(19)12(13)10-23-16-6-5-11(9-15(16)20)17-21-7-2-8-22-17/h1,3-6,9H,2,7-8,10H2,(H,21,22).